The van der Waals surface area contributed by atoms with Gasteiger partial charge in [0, 0.05) is 40.9 Å². The first-order chi connectivity index (χ1) is 13.5. The predicted molar refractivity (Wildman–Crippen MR) is 107 cm³/mol. The normalized spacial score (nSPS) is 14.2. The third-order valence-corrected chi connectivity index (χ3v) is 4.64. The molecular weight excluding hydrogens is 432 g/mol. The second-order valence-electron chi connectivity index (χ2n) is 5.96. The fourth-order valence-corrected chi connectivity index (χ4v) is 3.12. The van der Waals surface area contributed by atoms with Gasteiger partial charge in [0.2, 0.25) is 0 Å². The zero-order valence-corrected chi connectivity index (χ0v) is 16.3. The summed E-state index contributed by atoms with van der Waals surface area (Å²) in [6, 6.07) is 8.95. The Balaban J connectivity index is 1.82. The van der Waals surface area contributed by atoms with E-state index in [-0.39, 0.29) is 17.0 Å². The largest absolute Gasteiger partial charge is 0.507 e. The summed E-state index contributed by atoms with van der Waals surface area (Å²) >= 11 is 3.24. The molecule has 0 aromatic heterocycles. The topological polar surface area (TPSA) is 117 Å². The average molecular weight is 449 g/mol. The molecule has 1 aliphatic heterocycles. The van der Waals surface area contributed by atoms with Gasteiger partial charge in [-0.15, -0.1) is 0 Å². The number of aromatic hydroxyl groups is 1. The van der Waals surface area contributed by atoms with Crippen LogP contribution in [0.2, 0.25) is 0 Å². The van der Waals surface area contributed by atoms with Crippen molar-refractivity contribution in [2.24, 2.45) is 5.10 Å². The fraction of sp³-hybridized carbons (Fsp3) is 0.222. The van der Waals surface area contributed by atoms with Crippen molar-refractivity contribution in [3.05, 3.63) is 62.1 Å². The van der Waals surface area contributed by atoms with Crippen LogP contribution in [0, 0.1) is 10.1 Å². The molecule has 2 aromatic rings. The Labute approximate surface area is 168 Å². The molecule has 10 heteroatoms. The Morgan fingerprint density at radius 2 is 2.04 bits per heavy atom. The summed E-state index contributed by atoms with van der Waals surface area (Å²) in [5.74, 6) is -0.784. The lowest BCUT2D eigenvalue weighted by Crippen LogP contribution is -2.36. The van der Waals surface area contributed by atoms with Crippen molar-refractivity contribution in [1.29, 1.82) is 0 Å². The van der Waals surface area contributed by atoms with Crippen LogP contribution in [0.25, 0.3) is 0 Å². The summed E-state index contributed by atoms with van der Waals surface area (Å²) in [5.41, 5.74) is 3.57. The molecule has 0 radical (unpaired) electrons. The van der Waals surface area contributed by atoms with Gasteiger partial charge in [-0.1, -0.05) is 15.9 Å². The third kappa shape index (κ3) is 4.65. The number of nitrogens with zero attached hydrogens (tertiary/aromatic N) is 3. The van der Waals surface area contributed by atoms with Gasteiger partial charge in [0.15, 0.2) is 0 Å². The van der Waals surface area contributed by atoms with Crippen LogP contribution < -0.4 is 10.3 Å². The van der Waals surface area contributed by atoms with Crippen molar-refractivity contribution in [1.82, 2.24) is 5.43 Å². The van der Waals surface area contributed by atoms with Gasteiger partial charge in [-0.05, 0) is 24.3 Å². The zero-order valence-electron chi connectivity index (χ0n) is 14.7. The van der Waals surface area contributed by atoms with E-state index in [1.54, 1.807) is 12.1 Å². The number of rotatable bonds is 5. The highest BCUT2D eigenvalue weighted by Gasteiger charge is 2.17. The van der Waals surface area contributed by atoms with E-state index in [4.69, 9.17) is 4.74 Å². The summed E-state index contributed by atoms with van der Waals surface area (Å²) < 4.78 is 5.97. The molecule has 28 heavy (non-hydrogen) atoms. The minimum Gasteiger partial charge on any atom is -0.507 e. The number of benzene rings is 2. The number of anilines is 1. The molecule has 1 aliphatic rings. The van der Waals surface area contributed by atoms with E-state index in [1.807, 2.05) is 4.90 Å². The third-order valence-electron chi connectivity index (χ3n) is 4.15. The molecule has 0 spiro atoms. The molecule has 1 amide bonds. The molecule has 0 saturated carbocycles. The van der Waals surface area contributed by atoms with Crippen molar-refractivity contribution in [3.8, 4) is 5.75 Å². The van der Waals surface area contributed by atoms with Crippen LogP contribution in [-0.4, -0.2) is 48.5 Å². The first-order valence-electron chi connectivity index (χ1n) is 8.39. The number of carbonyl (C=O) groups excluding carboxylic acids is 1. The Morgan fingerprint density at radius 3 is 2.75 bits per heavy atom. The fourth-order valence-electron chi connectivity index (χ4n) is 2.76. The Bertz CT molecular complexity index is 928. The van der Waals surface area contributed by atoms with Gasteiger partial charge in [-0.3, -0.25) is 14.9 Å². The van der Waals surface area contributed by atoms with E-state index in [9.17, 15) is 20.0 Å². The van der Waals surface area contributed by atoms with Crippen molar-refractivity contribution < 1.29 is 19.6 Å². The number of nitrogens with one attached hydrogen (secondary N) is 1. The number of hydrazone groups is 1. The molecule has 0 bridgehead atoms. The molecule has 3 rings (SSSR count). The molecule has 1 saturated heterocycles. The van der Waals surface area contributed by atoms with Crippen molar-refractivity contribution in [2.75, 3.05) is 31.2 Å². The standard InChI is InChI=1S/C18H17BrN4O5/c19-13-1-4-17(24)15(10-13)18(25)21-20-11-12-9-14(23(26)27)2-3-16(12)22-5-7-28-8-6-22/h1-4,9-11,24H,5-8H2,(H,21,25)/b20-11-. The van der Waals surface area contributed by atoms with Gasteiger partial charge in [0.05, 0.1) is 29.9 Å². The van der Waals surface area contributed by atoms with Crippen LogP contribution in [-0.2, 0) is 4.74 Å². The molecule has 1 fully saturated rings. The van der Waals surface area contributed by atoms with E-state index in [2.05, 4.69) is 26.5 Å². The lowest BCUT2D eigenvalue weighted by Gasteiger charge is -2.29. The number of morpholine rings is 1. The van der Waals surface area contributed by atoms with E-state index < -0.39 is 10.8 Å². The van der Waals surface area contributed by atoms with E-state index >= 15 is 0 Å². The maximum Gasteiger partial charge on any atom is 0.275 e. The number of amides is 1. The highest BCUT2D eigenvalue weighted by Crippen LogP contribution is 2.25. The molecule has 0 aliphatic carbocycles. The lowest BCUT2D eigenvalue weighted by atomic mass is 10.1. The zero-order chi connectivity index (χ0) is 20.1. The number of halogens is 1. The quantitative estimate of drug-likeness (QED) is 0.412. The minimum atomic E-state index is -0.603. The maximum absolute atomic E-state index is 12.2. The number of nitro benzene ring substituents is 1. The van der Waals surface area contributed by atoms with Crippen LogP contribution >= 0.6 is 15.9 Å². The molecular formula is C18H17BrN4O5. The number of non-ortho nitro benzene ring substituents is 1. The number of ether oxygens (including phenoxy) is 1. The maximum atomic E-state index is 12.2. The van der Waals surface area contributed by atoms with E-state index in [1.165, 1.54) is 30.5 Å². The van der Waals surface area contributed by atoms with Gasteiger partial charge < -0.3 is 14.7 Å². The molecule has 2 aromatic carbocycles. The molecule has 2 N–H and O–H groups in total. The molecule has 146 valence electrons. The summed E-state index contributed by atoms with van der Waals surface area (Å²) in [6.07, 6.45) is 1.35. The first-order valence-corrected chi connectivity index (χ1v) is 9.18. The number of hydrogen-bond acceptors (Lipinski definition) is 7. The van der Waals surface area contributed by atoms with E-state index in [0.29, 0.717) is 36.3 Å². The highest BCUT2D eigenvalue weighted by atomic mass is 79.9. The number of phenolic OH excluding ortho intramolecular Hbond substituents is 1. The first kappa shape index (κ1) is 19.8. The van der Waals surface area contributed by atoms with Gasteiger partial charge in [0.25, 0.3) is 11.6 Å². The number of phenols is 1. The molecule has 9 nitrogen and oxygen atoms in total. The minimum absolute atomic E-state index is 0.0546. The van der Waals surface area contributed by atoms with Crippen LogP contribution in [0.5, 0.6) is 5.75 Å². The van der Waals surface area contributed by atoms with Crippen LogP contribution in [0.4, 0.5) is 11.4 Å². The average Bonchev–Trinajstić information content (AvgIpc) is 2.70. The van der Waals surface area contributed by atoms with Crippen LogP contribution in [0.1, 0.15) is 15.9 Å². The van der Waals surface area contributed by atoms with Crippen molar-refractivity contribution >= 4 is 39.4 Å². The van der Waals surface area contributed by atoms with Gasteiger partial charge in [0.1, 0.15) is 5.75 Å². The van der Waals surface area contributed by atoms with Crippen molar-refractivity contribution in [2.45, 2.75) is 0 Å². The van der Waals surface area contributed by atoms with Crippen LogP contribution in [0.15, 0.2) is 46.0 Å². The Hall–Kier alpha value is -2.98. The monoisotopic (exact) mass is 448 g/mol. The predicted octanol–water partition coefficient (Wildman–Crippen LogP) is 2.66. The SMILES string of the molecule is O=C(N/N=C\c1cc([N+](=O)[O-])ccc1N1CCOCC1)c1cc(Br)ccc1O. The second-order valence-corrected chi connectivity index (χ2v) is 6.88. The molecule has 0 unspecified atom stereocenters. The van der Waals surface area contributed by atoms with Gasteiger partial charge in [-0.25, -0.2) is 5.43 Å². The Morgan fingerprint density at radius 1 is 1.29 bits per heavy atom. The van der Waals surface area contributed by atoms with Gasteiger partial charge >= 0.3 is 0 Å². The smallest absolute Gasteiger partial charge is 0.275 e. The summed E-state index contributed by atoms with van der Waals surface area (Å²) in [6.45, 7) is 2.42. The number of carbonyl (C=O) groups is 1. The van der Waals surface area contributed by atoms with Gasteiger partial charge in [-0.2, -0.15) is 5.10 Å². The summed E-state index contributed by atoms with van der Waals surface area (Å²) in [7, 11) is 0. The Kier molecular flexibility index (Phi) is 6.22. The molecule has 0 atom stereocenters. The van der Waals surface area contributed by atoms with E-state index in [0.717, 1.165) is 5.69 Å². The van der Waals surface area contributed by atoms with Crippen molar-refractivity contribution in [3.63, 3.8) is 0 Å². The number of nitro groups is 1. The molecule has 1 heterocycles. The summed E-state index contributed by atoms with van der Waals surface area (Å²) in [4.78, 5) is 24.9. The van der Waals surface area contributed by atoms with Crippen LogP contribution in [0.3, 0.4) is 0 Å². The summed E-state index contributed by atoms with van der Waals surface area (Å²) in [5, 5.41) is 24.8. The highest BCUT2D eigenvalue weighted by molar-refractivity contribution is 9.10. The number of hydrogen-bond donors (Lipinski definition) is 2. The second kappa shape index (κ2) is 8.81. The lowest BCUT2D eigenvalue weighted by molar-refractivity contribution is -0.384.